The Kier molecular flexibility index (Phi) is 12.2. The van der Waals surface area contributed by atoms with Gasteiger partial charge in [-0.15, -0.1) is 5.56 Å². The molecule has 0 aliphatic rings. The van der Waals surface area contributed by atoms with Crippen LogP contribution in [0.25, 0.3) is 11.1 Å². The molecule has 4 rings (SSSR count). The molecule has 0 nitrogen and oxygen atoms in total. The molecule has 0 spiro atoms. The molecule has 0 radical (unpaired) electrons. The summed E-state index contributed by atoms with van der Waals surface area (Å²) in [4.78, 5) is 0. The van der Waals surface area contributed by atoms with E-state index in [1.807, 2.05) is 0 Å². The molecular formula is C28H27Cl3Ti. The molecule has 0 saturated carbocycles. The van der Waals surface area contributed by atoms with E-state index in [1.165, 1.54) is 27.8 Å². The van der Waals surface area contributed by atoms with Crippen LogP contribution in [0.15, 0.2) is 109 Å². The molecule has 0 bridgehead atoms. The first kappa shape index (κ1) is 30.6. The number of halogens is 3. The molecule has 0 amide bonds. The quantitative estimate of drug-likeness (QED) is 0.228. The van der Waals surface area contributed by atoms with Crippen molar-refractivity contribution in [2.75, 3.05) is 0 Å². The van der Waals surface area contributed by atoms with E-state index in [1.54, 1.807) is 0 Å². The minimum atomic E-state index is -0.234. The van der Waals surface area contributed by atoms with Crippen LogP contribution in [0.5, 0.6) is 0 Å². The van der Waals surface area contributed by atoms with Gasteiger partial charge in [0.1, 0.15) is 0 Å². The summed E-state index contributed by atoms with van der Waals surface area (Å²) in [5.74, 6) is 0. The van der Waals surface area contributed by atoms with Crippen molar-refractivity contribution >= 4 is 0 Å². The summed E-state index contributed by atoms with van der Waals surface area (Å²) in [6.45, 7) is 7.05. The van der Waals surface area contributed by atoms with E-state index in [2.05, 4.69) is 130 Å². The first-order valence-corrected chi connectivity index (χ1v) is 9.97. The number of rotatable bonds is 4. The molecule has 0 saturated heterocycles. The number of hydrogen-bond donors (Lipinski definition) is 0. The fourth-order valence-electron chi connectivity index (χ4n) is 4.66. The second-order valence-electron chi connectivity index (χ2n) is 8.49. The number of hydrogen-bond acceptors (Lipinski definition) is 0. The van der Waals surface area contributed by atoms with Crippen LogP contribution in [0, 0.1) is 5.41 Å². The van der Waals surface area contributed by atoms with Gasteiger partial charge in [0.15, 0.2) is 0 Å². The van der Waals surface area contributed by atoms with Crippen molar-refractivity contribution in [3.8, 4) is 11.1 Å². The molecule has 164 valence electrons. The van der Waals surface area contributed by atoms with Crippen LogP contribution >= 0.6 is 0 Å². The Morgan fingerprint density at radius 3 is 1.34 bits per heavy atom. The Balaban J connectivity index is 0.00000240. The van der Waals surface area contributed by atoms with E-state index >= 15 is 0 Å². The van der Waals surface area contributed by atoms with E-state index in [0.717, 1.165) is 0 Å². The van der Waals surface area contributed by atoms with Gasteiger partial charge < -0.3 is 37.2 Å². The summed E-state index contributed by atoms with van der Waals surface area (Å²) < 4.78 is 0. The molecule has 0 aliphatic carbocycles. The topological polar surface area (TPSA) is 0 Å². The molecule has 0 aliphatic heterocycles. The van der Waals surface area contributed by atoms with Crippen LogP contribution < -0.4 is 37.2 Å². The summed E-state index contributed by atoms with van der Waals surface area (Å²) in [6.07, 6.45) is 0. The van der Waals surface area contributed by atoms with Crippen LogP contribution in [0.3, 0.4) is 0 Å². The van der Waals surface area contributed by atoms with E-state index in [4.69, 9.17) is 0 Å². The maximum atomic E-state index is 2.38. The molecule has 0 fully saturated rings. The molecule has 0 aromatic heterocycles. The van der Waals surface area contributed by atoms with Crippen molar-refractivity contribution in [2.24, 2.45) is 5.41 Å². The third-order valence-electron chi connectivity index (χ3n) is 5.83. The third kappa shape index (κ3) is 5.56. The average molecular weight is 518 g/mol. The largest absolute Gasteiger partial charge is 4.00 e. The predicted octanol–water partition coefficient (Wildman–Crippen LogP) is -1.54. The van der Waals surface area contributed by atoms with Crippen LogP contribution in [-0.2, 0) is 27.1 Å². The van der Waals surface area contributed by atoms with Gasteiger partial charge in [-0.1, -0.05) is 117 Å². The predicted molar refractivity (Wildman–Crippen MR) is 120 cm³/mol. The standard InChI is InChI=1S/C28H27.3ClH.Ti/c1-27(2,3)28(24-15-9-5-10-16-24,25-17-11-6-12-18-25)26-20-19-23(21-26)22-13-7-4-8-14-22;;;;/h4-21H,1-3H3;3*1H;/q-1;;;;+4/p-3. The SMILES string of the molecule is CC(C)(C)C(c1ccccc1)(c1ccccc1)[c-]1ccc(-c2ccccc2)c1.[Cl-].[Cl-].[Cl-].[Ti+4]. The van der Waals surface area contributed by atoms with Crippen molar-refractivity contribution < 1.29 is 58.9 Å². The van der Waals surface area contributed by atoms with Crippen molar-refractivity contribution in [1.82, 2.24) is 0 Å². The molecule has 4 aromatic carbocycles. The zero-order valence-corrected chi connectivity index (χ0v) is 22.4. The van der Waals surface area contributed by atoms with Gasteiger partial charge in [0.25, 0.3) is 0 Å². The Morgan fingerprint density at radius 2 is 0.938 bits per heavy atom. The molecular weight excluding hydrogens is 491 g/mol. The van der Waals surface area contributed by atoms with Crippen LogP contribution in [-0.4, -0.2) is 0 Å². The summed E-state index contributed by atoms with van der Waals surface area (Å²) in [7, 11) is 0. The van der Waals surface area contributed by atoms with Crippen LogP contribution in [0.2, 0.25) is 0 Å². The first-order chi connectivity index (χ1) is 13.5. The monoisotopic (exact) mass is 516 g/mol. The minimum Gasteiger partial charge on any atom is -1.00 e. The van der Waals surface area contributed by atoms with Gasteiger partial charge in [0.05, 0.1) is 0 Å². The summed E-state index contributed by atoms with van der Waals surface area (Å²) in [6, 6.07) is 39.5. The van der Waals surface area contributed by atoms with E-state index in [9.17, 15) is 0 Å². The average Bonchev–Trinajstić information content (AvgIpc) is 3.20. The fourth-order valence-corrected chi connectivity index (χ4v) is 4.66. The van der Waals surface area contributed by atoms with Gasteiger partial charge in [-0.2, -0.15) is 17.7 Å². The Bertz CT molecular complexity index is 997. The first-order valence-electron chi connectivity index (χ1n) is 9.97. The minimum absolute atomic E-state index is 0. The van der Waals surface area contributed by atoms with Crippen LogP contribution in [0.1, 0.15) is 37.5 Å². The molecule has 0 N–H and O–H groups in total. The van der Waals surface area contributed by atoms with Crippen molar-refractivity contribution in [2.45, 2.75) is 26.2 Å². The Hall–Kier alpha value is -1.41. The summed E-state index contributed by atoms with van der Waals surface area (Å²) in [5, 5.41) is 0. The maximum absolute atomic E-state index is 2.38. The van der Waals surface area contributed by atoms with E-state index in [0.29, 0.717) is 0 Å². The molecule has 0 heterocycles. The zero-order valence-electron chi connectivity index (χ0n) is 18.5. The van der Waals surface area contributed by atoms with Crippen molar-refractivity contribution in [1.29, 1.82) is 0 Å². The molecule has 0 unspecified atom stereocenters. The number of benzene rings is 3. The van der Waals surface area contributed by atoms with E-state index in [-0.39, 0.29) is 69.8 Å². The van der Waals surface area contributed by atoms with E-state index < -0.39 is 0 Å². The Labute approximate surface area is 226 Å². The van der Waals surface area contributed by atoms with Gasteiger partial charge in [-0.3, -0.25) is 0 Å². The van der Waals surface area contributed by atoms with Gasteiger partial charge in [-0.05, 0) is 16.5 Å². The van der Waals surface area contributed by atoms with Crippen molar-refractivity contribution in [3.05, 3.63) is 126 Å². The summed E-state index contributed by atoms with van der Waals surface area (Å²) >= 11 is 0. The van der Waals surface area contributed by atoms with Gasteiger partial charge in [0.2, 0.25) is 0 Å². The van der Waals surface area contributed by atoms with Gasteiger partial charge in [0, 0.05) is 5.41 Å². The van der Waals surface area contributed by atoms with Gasteiger partial charge >= 0.3 is 21.7 Å². The maximum Gasteiger partial charge on any atom is 4.00 e. The molecule has 0 atom stereocenters. The van der Waals surface area contributed by atoms with Crippen molar-refractivity contribution in [3.63, 3.8) is 0 Å². The zero-order chi connectivity index (χ0) is 19.6. The molecule has 32 heavy (non-hydrogen) atoms. The second-order valence-corrected chi connectivity index (χ2v) is 8.49. The normalized spacial score (nSPS) is 10.6. The fraction of sp³-hybridized carbons (Fsp3) is 0.179. The molecule has 4 heteroatoms. The molecule has 4 aromatic rings. The Morgan fingerprint density at radius 1 is 0.531 bits per heavy atom. The third-order valence-corrected chi connectivity index (χ3v) is 5.83. The summed E-state index contributed by atoms with van der Waals surface area (Å²) in [5.41, 5.74) is 6.29. The van der Waals surface area contributed by atoms with Gasteiger partial charge in [-0.25, -0.2) is 6.07 Å². The van der Waals surface area contributed by atoms with Crippen LogP contribution in [0.4, 0.5) is 0 Å². The second kappa shape index (κ2) is 12.7. The smallest absolute Gasteiger partial charge is 1.00 e.